The molecule has 8 nitrogen and oxygen atoms in total. The summed E-state index contributed by atoms with van der Waals surface area (Å²) < 4.78 is 6.16. The number of aromatic nitrogens is 3. The number of nitrogens with zero attached hydrogens (tertiary/aromatic N) is 2. The fourth-order valence-corrected chi connectivity index (χ4v) is 5.02. The van der Waals surface area contributed by atoms with Crippen molar-refractivity contribution in [2.24, 2.45) is 5.92 Å². The lowest BCUT2D eigenvalue weighted by atomic mass is 9.91. The summed E-state index contributed by atoms with van der Waals surface area (Å²) in [6.45, 7) is 6.53. The monoisotopic (exact) mass is 489 g/mol. The third-order valence-corrected chi connectivity index (χ3v) is 7.31. The van der Waals surface area contributed by atoms with E-state index in [1.807, 2.05) is 32.9 Å². The lowest BCUT2D eigenvalue weighted by Crippen LogP contribution is -2.43. The number of ether oxygens (including phenoxy) is 1. The molecule has 2 amide bonds. The second-order valence-corrected chi connectivity index (χ2v) is 10.3. The largest absolute Gasteiger partial charge is 0.493 e. The molecule has 0 saturated heterocycles. The summed E-state index contributed by atoms with van der Waals surface area (Å²) in [7, 11) is 0. The molecule has 1 aromatic carbocycles. The van der Waals surface area contributed by atoms with Crippen LogP contribution in [0.1, 0.15) is 73.5 Å². The predicted octanol–water partition coefficient (Wildman–Crippen LogP) is 4.60. The summed E-state index contributed by atoms with van der Waals surface area (Å²) >= 11 is 0. The van der Waals surface area contributed by atoms with Crippen molar-refractivity contribution in [3.05, 3.63) is 41.3 Å². The molecule has 2 aromatic heterocycles. The summed E-state index contributed by atoms with van der Waals surface area (Å²) in [5, 5.41) is 6.27. The Labute approximate surface area is 211 Å². The summed E-state index contributed by atoms with van der Waals surface area (Å²) in [6.07, 6.45) is 7.89. The van der Waals surface area contributed by atoms with Crippen molar-refractivity contribution in [3.8, 4) is 17.0 Å². The van der Waals surface area contributed by atoms with E-state index in [9.17, 15) is 9.59 Å². The molecule has 0 atom stereocenters. The Kier molecular flexibility index (Phi) is 6.94. The highest BCUT2D eigenvalue weighted by atomic mass is 16.5. The van der Waals surface area contributed by atoms with Gasteiger partial charge in [-0.3, -0.25) is 9.59 Å². The van der Waals surface area contributed by atoms with Gasteiger partial charge in [0, 0.05) is 29.8 Å². The number of benzene rings is 1. The molecule has 2 fully saturated rings. The van der Waals surface area contributed by atoms with Gasteiger partial charge in [-0.15, -0.1) is 0 Å². The molecular weight excluding hydrogens is 454 g/mol. The van der Waals surface area contributed by atoms with Crippen LogP contribution in [0.4, 0.5) is 0 Å². The quantitative estimate of drug-likeness (QED) is 0.429. The second-order valence-electron chi connectivity index (χ2n) is 10.3. The van der Waals surface area contributed by atoms with Gasteiger partial charge in [-0.25, -0.2) is 9.97 Å². The van der Waals surface area contributed by atoms with E-state index in [0.717, 1.165) is 59.5 Å². The Morgan fingerprint density at radius 2 is 1.75 bits per heavy atom. The number of amides is 2. The van der Waals surface area contributed by atoms with E-state index < -0.39 is 0 Å². The molecule has 36 heavy (non-hydrogen) atoms. The third-order valence-electron chi connectivity index (χ3n) is 7.31. The Morgan fingerprint density at radius 3 is 2.44 bits per heavy atom. The van der Waals surface area contributed by atoms with Crippen LogP contribution >= 0.6 is 0 Å². The van der Waals surface area contributed by atoms with Gasteiger partial charge < -0.3 is 20.4 Å². The van der Waals surface area contributed by atoms with E-state index >= 15 is 0 Å². The first-order valence-corrected chi connectivity index (χ1v) is 13.1. The molecule has 2 aliphatic carbocycles. The maximum absolute atomic E-state index is 13.4. The van der Waals surface area contributed by atoms with Crippen molar-refractivity contribution >= 4 is 22.8 Å². The molecule has 0 spiro atoms. The van der Waals surface area contributed by atoms with Gasteiger partial charge >= 0.3 is 0 Å². The molecule has 2 saturated carbocycles. The second kappa shape index (κ2) is 10.3. The van der Waals surface area contributed by atoms with E-state index in [-0.39, 0.29) is 23.9 Å². The molecule has 3 aromatic rings. The zero-order valence-electron chi connectivity index (χ0n) is 21.3. The summed E-state index contributed by atoms with van der Waals surface area (Å²) in [5.74, 6) is 1.41. The predicted molar refractivity (Wildman–Crippen MR) is 139 cm³/mol. The molecule has 8 heteroatoms. The number of hydrogen-bond acceptors (Lipinski definition) is 5. The molecule has 0 unspecified atom stereocenters. The normalized spacial score (nSPS) is 19.8. The molecule has 0 radical (unpaired) electrons. The molecule has 2 aliphatic rings. The van der Waals surface area contributed by atoms with Crippen molar-refractivity contribution < 1.29 is 14.3 Å². The molecule has 0 aliphatic heterocycles. The summed E-state index contributed by atoms with van der Waals surface area (Å²) in [5.41, 5.74) is 5.45. The van der Waals surface area contributed by atoms with E-state index in [2.05, 4.69) is 31.7 Å². The van der Waals surface area contributed by atoms with Crippen molar-refractivity contribution in [2.75, 3.05) is 6.61 Å². The van der Waals surface area contributed by atoms with Crippen LogP contribution in [0.5, 0.6) is 5.75 Å². The van der Waals surface area contributed by atoms with Crippen LogP contribution in [-0.4, -0.2) is 45.5 Å². The summed E-state index contributed by atoms with van der Waals surface area (Å²) in [4.78, 5) is 37.6. The van der Waals surface area contributed by atoms with Crippen molar-refractivity contribution in [3.63, 3.8) is 0 Å². The standard InChI is InChI=1S/C28H35N5O3/c1-4-23(34)32-19-8-10-20(11-9-19)33-28(35)24-17(3)31-27-25(29-15-30-26(24)27)21-13-16(2)5-12-22(21)36-14-18-6-7-18/h5,12-13,15,18-20,31H,4,6-11,14H2,1-3H3,(H,32,34)(H,33,35)/t19-,20-. The average molecular weight is 490 g/mol. The Balaban J connectivity index is 1.37. The van der Waals surface area contributed by atoms with Crippen LogP contribution in [0.15, 0.2) is 24.5 Å². The minimum atomic E-state index is -0.126. The molecule has 3 N–H and O–H groups in total. The molecule has 0 bridgehead atoms. The van der Waals surface area contributed by atoms with E-state index in [0.29, 0.717) is 30.0 Å². The first-order chi connectivity index (χ1) is 17.4. The zero-order chi connectivity index (χ0) is 25.2. The first-order valence-electron chi connectivity index (χ1n) is 13.1. The number of H-pyrrole nitrogens is 1. The van der Waals surface area contributed by atoms with Gasteiger partial charge in [-0.05, 0) is 70.4 Å². The number of aryl methyl sites for hydroxylation is 2. The number of carbonyl (C=O) groups excluding carboxylic acids is 2. The SMILES string of the molecule is CCC(=O)N[C@H]1CC[C@H](NC(=O)c2c(C)[nH]c3c(-c4cc(C)ccc4OCC4CC4)ncnc23)CC1. The van der Waals surface area contributed by atoms with Crippen molar-refractivity contribution in [1.82, 2.24) is 25.6 Å². The van der Waals surface area contributed by atoms with Crippen LogP contribution in [0.25, 0.3) is 22.3 Å². The number of hydrogen-bond donors (Lipinski definition) is 3. The Hall–Kier alpha value is -3.42. The van der Waals surface area contributed by atoms with Crippen LogP contribution < -0.4 is 15.4 Å². The molecule has 5 rings (SSSR count). The molecular formula is C28H35N5O3. The van der Waals surface area contributed by atoms with Crippen molar-refractivity contribution in [2.45, 2.75) is 77.8 Å². The molecule has 190 valence electrons. The lowest BCUT2D eigenvalue weighted by molar-refractivity contribution is -0.121. The third kappa shape index (κ3) is 5.22. The van der Waals surface area contributed by atoms with E-state index in [1.165, 1.54) is 19.2 Å². The number of rotatable bonds is 8. The smallest absolute Gasteiger partial charge is 0.255 e. The van der Waals surface area contributed by atoms with Gasteiger partial charge in [0.15, 0.2) is 0 Å². The van der Waals surface area contributed by atoms with Gasteiger partial charge in [-0.1, -0.05) is 18.6 Å². The van der Waals surface area contributed by atoms with Crippen LogP contribution in [-0.2, 0) is 4.79 Å². The van der Waals surface area contributed by atoms with Gasteiger partial charge in [-0.2, -0.15) is 0 Å². The van der Waals surface area contributed by atoms with Gasteiger partial charge in [0.2, 0.25) is 5.91 Å². The van der Waals surface area contributed by atoms with E-state index in [4.69, 9.17) is 4.74 Å². The highest BCUT2D eigenvalue weighted by Gasteiger charge is 2.27. The van der Waals surface area contributed by atoms with Gasteiger partial charge in [0.25, 0.3) is 5.91 Å². The maximum Gasteiger partial charge on any atom is 0.255 e. The fraction of sp³-hybridized carbons (Fsp3) is 0.500. The van der Waals surface area contributed by atoms with Gasteiger partial charge in [0.1, 0.15) is 23.3 Å². The number of carbonyl (C=O) groups is 2. The zero-order valence-corrected chi connectivity index (χ0v) is 21.3. The number of aromatic amines is 1. The first kappa shape index (κ1) is 24.3. The average Bonchev–Trinajstić information content (AvgIpc) is 3.63. The van der Waals surface area contributed by atoms with Crippen LogP contribution in [0.3, 0.4) is 0 Å². The minimum absolute atomic E-state index is 0.0807. The van der Waals surface area contributed by atoms with Crippen LogP contribution in [0, 0.1) is 19.8 Å². The minimum Gasteiger partial charge on any atom is -0.493 e. The van der Waals surface area contributed by atoms with Crippen molar-refractivity contribution in [1.29, 1.82) is 0 Å². The maximum atomic E-state index is 13.4. The Bertz CT molecular complexity index is 1270. The van der Waals surface area contributed by atoms with Gasteiger partial charge in [0.05, 0.1) is 17.7 Å². The fourth-order valence-electron chi connectivity index (χ4n) is 5.02. The lowest BCUT2D eigenvalue weighted by Gasteiger charge is -2.29. The number of fused-ring (bicyclic) bond motifs is 1. The topological polar surface area (TPSA) is 109 Å². The van der Waals surface area contributed by atoms with Crippen LogP contribution in [0.2, 0.25) is 0 Å². The highest BCUT2D eigenvalue weighted by molar-refractivity contribution is 6.09. The highest BCUT2D eigenvalue weighted by Crippen LogP contribution is 2.37. The summed E-state index contributed by atoms with van der Waals surface area (Å²) in [6, 6.07) is 6.41. The van der Waals surface area contributed by atoms with E-state index in [1.54, 1.807) is 0 Å². The number of nitrogens with one attached hydrogen (secondary N) is 3. The molecule has 2 heterocycles. The Morgan fingerprint density at radius 1 is 1.03 bits per heavy atom.